The van der Waals surface area contributed by atoms with Gasteiger partial charge >= 0.3 is 0 Å². The standard InChI is InChI=1S/C19H25NO3/c1-3-22-14-6-7-15-19-8-9-20(2)12(17(14)19)10-11-4-5-13(21)18(23-15)16(11)19/h4-5,12,14-15,17,21H,3,6-10H2,1-2H3. The molecular weight excluding hydrogens is 290 g/mol. The number of rotatable bonds is 2. The van der Waals surface area contributed by atoms with Crippen LogP contribution in [0, 0.1) is 5.92 Å². The van der Waals surface area contributed by atoms with E-state index in [0.29, 0.717) is 23.8 Å². The summed E-state index contributed by atoms with van der Waals surface area (Å²) in [6, 6.07) is 4.46. The van der Waals surface area contributed by atoms with E-state index in [2.05, 4.69) is 24.9 Å². The first kappa shape index (κ1) is 14.1. The predicted molar refractivity (Wildman–Crippen MR) is 87.1 cm³/mol. The van der Waals surface area contributed by atoms with Crippen molar-refractivity contribution in [1.82, 2.24) is 4.90 Å². The molecule has 2 fully saturated rings. The third-order valence-electron chi connectivity index (χ3n) is 6.90. The molecule has 0 radical (unpaired) electrons. The van der Waals surface area contributed by atoms with Crippen molar-refractivity contribution in [2.45, 2.75) is 56.3 Å². The molecule has 4 nitrogen and oxygen atoms in total. The van der Waals surface area contributed by atoms with Gasteiger partial charge in [0.2, 0.25) is 0 Å². The molecule has 1 aromatic rings. The summed E-state index contributed by atoms with van der Waals surface area (Å²) in [5.41, 5.74) is 2.75. The lowest BCUT2D eigenvalue weighted by atomic mass is 9.51. The van der Waals surface area contributed by atoms with Crippen molar-refractivity contribution in [1.29, 1.82) is 0 Å². The van der Waals surface area contributed by atoms with Crippen molar-refractivity contribution in [2.24, 2.45) is 5.92 Å². The number of likely N-dealkylation sites (N-methyl/N-ethyl adjacent to an activating group) is 1. The molecule has 1 spiro atoms. The maximum absolute atomic E-state index is 10.4. The Bertz CT molecular complexity index is 660. The first-order valence-corrected chi connectivity index (χ1v) is 9.00. The van der Waals surface area contributed by atoms with Crippen LogP contribution in [-0.4, -0.2) is 48.5 Å². The highest BCUT2D eigenvalue weighted by Crippen LogP contribution is 2.63. The van der Waals surface area contributed by atoms with Crippen LogP contribution < -0.4 is 4.74 Å². The Labute approximate surface area is 137 Å². The fourth-order valence-corrected chi connectivity index (χ4v) is 6.10. The zero-order chi connectivity index (χ0) is 15.8. The first-order chi connectivity index (χ1) is 11.2. The van der Waals surface area contributed by atoms with Crippen LogP contribution >= 0.6 is 0 Å². The summed E-state index contributed by atoms with van der Waals surface area (Å²) in [6.07, 6.45) is 4.79. The van der Waals surface area contributed by atoms with Gasteiger partial charge in [-0.2, -0.15) is 0 Å². The Kier molecular flexibility index (Phi) is 2.85. The number of aromatic hydroxyl groups is 1. The average Bonchev–Trinajstić information content (AvgIpc) is 2.89. The van der Waals surface area contributed by atoms with Gasteiger partial charge in [0.05, 0.1) is 6.10 Å². The Hall–Kier alpha value is -1.26. The van der Waals surface area contributed by atoms with Gasteiger partial charge in [0.15, 0.2) is 11.5 Å². The Morgan fingerprint density at radius 1 is 1.39 bits per heavy atom. The summed E-state index contributed by atoms with van der Waals surface area (Å²) in [6.45, 7) is 3.98. The number of phenolic OH excluding ortho intramolecular Hbond substituents is 1. The lowest BCUT2D eigenvalue weighted by Gasteiger charge is -2.59. The largest absolute Gasteiger partial charge is 0.504 e. The van der Waals surface area contributed by atoms with Crippen LogP contribution in [0.3, 0.4) is 0 Å². The van der Waals surface area contributed by atoms with Crippen LogP contribution in [-0.2, 0) is 16.6 Å². The summed E-state index contributed by atoms with van der Waals surface area (Å²) in [7, 11) is 2.26. The highest BCUT2D eigenvalue weighted by molar-refractivity contribution is 5.60. The van der Waals surface area contributed by atoms with Gasteiger partial charge in [0.25, 0.3) is 0 Å². The Morgan fingerprint density at radius 3 is 3.09 bits per heavy atom. The number of ether oxygens (including phenoxy) is 2. The van der Waals surface area contributed by atoms with Gasteiger partial charge in [-0.1, -0.05) is 6.07 Å². The molecule has 2 heterocycles. The van der Waals surface area contributed by atoms with Crippen LogP contribution in [0.25, 0.3) is 0 Å². The van der Waals surface area contributed by atoms with Crippen LogP contribution in [0.4, 0.5) is 0 Å². The monoisotopic (exact) mass is 315 g/mol. The van der Waals surface area contributed by atoms with E-state index >= 15 is 0 Å². The smallest absolute Gasteiger partial charge is 0.165 e. The number of likely N-dealkylation sites (tertiary alicyclic amines) is 1. The second-order valence-corrected chi connectivity index (χ2v) is 7.69. The molecule has 1 saturated carbocycles. The summed E-state index contributed by atoms with van der Waals surface area (Å²) in [5, 5.41) is 10.4. The van der Waals surface area contributed by atoms with E-state index in [-0.39, 0.29) is 11.5 Å². The third-order valence-corrected chi connectivity index (χ3v) is 6.90. The normalized spacial score (nSPS) is 40.6. The molecule has 4 heteroatoms. The van der Waals surface area contributed by atoms with Crippen LogP contribution in [0.2, 0.25) is 0 Å². The molecule has 1 N–H and O–H groups in total. The molecule has 1 aromatic carbocycles. The molecule has 0 aromatic heterocycles. The maximum atomic E-state index is 10.4. The minimum absolute atomic E-state index is 0.0525. The van der Waals surface area contributed by atoms with E-state index in [9.17, 15) is 5.11 Å². The molecule has 2 bridgehead atoms. The second kappa shape index (κ2) is 4.64. The molecule has 5 atom stereocenters. The fraction of sp³-hybridized carbons (Fsp3) is 0.684. The van der Waals surface area contributed by atoms with E-state index < -0.39 is 0 Å². The molecule has 5 rings (SSSR count). The van der Waals surface area contributed by atoms with Gasteiger partial charge in [0, 0.05) is 29.5 Å². The Morgan fingerprint density at radius 2 is 2.26 bits per heavy atom. The number of phenols is 1. The molecule has 124 valence electrons. The number of nitrogens with zero attached hydrogens (tertiary/aromatic N) is 1. The first-order valence-electron chi connectivity index (χ1n) is 9.00. The number of hydrogen-bond acceptors (Lipinski definition) is 4. The lowest BCUT2D eigenvalue weighted by Crippen LogP contribution is -2.67. The van der Waals surface area contributed by atoms with E-state index in [1.807, 2.05) is 6.07 Å². The predicted octanol–water partition coefficient (Wildman–Crippen LogP) is 2.47. The zero-order valence-electron chi connectivity index (χ0n) is 13.9. The lowest BCUT2D eigenvalue weighted by molar-refractivity contribution is -0.127. The van der Waals surface area contributed by atoms with E-state index in [0.717, 1.165) is 44.6 Å². The van der Waals surface area contributed by atoms with Crippen molar-refractivity contribution in [2.75, 3.05) is 20.2 Å². The molecule has 23 heavy (non-hydrogen) atoms. The number of hydrogen-bond donors (Lipinski definition) is 1. The van der Waals surface area contributed by atoms with Gasteiger partial charge in [0.1, 0.15) is 6.10 Å². The van der Waals surface area contributed by atoms with Crippen molar-refractivity contribution >= 4 is 0 Å². The SMILES string of the molecule is CCOC1CCC2Oc3c(O)ccc4c3C23CCN(C)C(C4)C13. The minimum Gasteiger partial charge on any atom is -0.504 e. The summed E-state index contributed by atoms with van der Waals surface area (Å²) < 4.78 is 12.6. The van der Waals surface area contributed by atoms with Gasteiger partial charge < -0.3 is 19.5 Å². The van der Waals surface area contributed by atoms with Crippen molar-refractivity contribution in [3.63, 3.8) is 0 Å². The third kappa shape index (κ3) is 1.59. The van der Waals surface area contributed by atoms with Gasteiger partial charge in [-0.25, -0.2) is 0 Å². The highest BCUT2D eigenvalue weighted by Gasteiger charge is 2.65. The summed E-state index contributed by atoms with van der Waals surface area (Å²) >= 11 is 0. The van der Waals surface area contributed by atoms with Crippen molar-refractivity contribution in [3.05, 3.63) is 23.3 Å². The maximum Gasteiger partial charge on any atom is 0.165 e. The summed E-state index contributed by atoms with van der Waals surface area (Å²) in [5.74, 6) is 1.57. The second-order valence-electron chi connectivity index (χ2n) is 7.69. The molecule has 1 saturated heterocycles. The quantitative estimate of drug-likeness (QED) is 0.910. The van der Waals surface area contributed by atoms with Crippen LogP contribution in [0.1, 0.15) is 37.3 Å². The zero-order valence-corrected chi connectivity index (χ0v) is 13.9. The average molecular weight is 315 g/mol. The summed E-state index contributed by atoms with van der Waals surface area (Å²) in [4.78, 5) is 2.53. The molecule has 0 amide bonds. The van der Waals surface area contributed by atoms with Gasteiger partial charge in [-0.15, -0.1) is 0 Å². The van der Waals surface area contributed by atoms with E-state index in [1.165, 1.54) is 11.1 Å². The molecular formula is C19H25NO3. The van der Waals surface area contributed by atoms with Crippen molar-refractivity contribution < 1.29 is 14.6 Å². The molecule has 4 aliphatic rings. The number of benzene rings is 1. The van der Waals surface area contributed by atoms with Gasteiger partial charge in [-0.3, -0.25) is 0 Å². The molecule has 2 aliphatic heterocycles. The van der Waals surface area contributed by atoms with E-state index in [1.54, 1.807) is 0 Å². The highest BCUT2D eigenvalue weighted by atomic mass is 16.5. The van der Waals surface area contributed by atoms with Crippen molar-refractivity contribution in [3.8, 4) is 11.5 Å². The topological polar surface area (TPSA) is 41.9 Å². The minimum atomic E-state index is 0.0525. The fourth-order valence-electron chi connectivity index (χ4n) is 6.10. The Balaban J connectivity index is 1.74. The van der Waals surface area contributed by atoms with Crippen LogP contribution in [0.15, 0.2) is 12.1 Å². The van der Waals surface area contributed by atoms with Gasteiger partial charge in [-0.05, 0) is 57.8 Å². The number of piperidine rings is 1. The van der Waals surface area contributed by atoms with Crippen LogP contribution in [0.5, 0.6) is 11.5 Å². The molecule has 2 aliphatic carbocycles. The molecule has 5 unspecified atom stereocenters. The van der Waals surface area contributed by atoms with E-state index in [4.69, 9.17) is 9.47 Å².